The summed E-state index contributed by atoms with van der Waals surface area (Å²) in [4.78, 5) is 21.0. The van der Waals surface area contributed by atoms with Crippen LogP contribution < -0.4 is 5.32 Å². The number of nitrogens with zero attached hydrogens (tertiary/aromatic N) is 4. The molecule has 3 N–H and O–H groups in total. The maximum absolute atomic E-state index is 16.2. The third kappa shape index (κ3) is 3.89. The van der Waals surface area contributed by atoms with Crippen molar-refractivity contribution in [2.45, 2.75) is 31.7 Å². The maximum Gasteiger partial charge on any atom is 0.308 e. The fraction of sp³-hybridized carbons (Fsp3) is 0.296. The Labute approximate surface area is 216 Å². The molecule has 7 rings (SSSR count). The van der Waals surface area contributed by atoms with Gasteiger partial charge in [-0.25, -0.2) is 14.4 Å². The number of halogens is 2. The van der Waals surface area contributed by atoms with E-state index in [4.69, 9.17) is 11.6 Å². The summed E-state index contributed by atoms with van der Waals surface area (Å²) in [7, 11) is 0. The van der Waals surface area contributed by atoms with Crippen LogP contribution >= 0.6 is 11.6 Å². The zero-order valence-corrected chi connectivity index (χ0v) is 20.3. The van der Waals surface area contributed by atoms with E-state index in [2.05, 4.69) is 31.6 Å². The quantitative estimate of drug-likeness (QED) is 0.312. The highest BCUT2D eigenvalue weighted by Crippen LogP contribution is 2.47. The summed E-state index contributed by atoms with van der Waals surface area (Å²) in [6, 6.07) is 12.1. The number of fused-ring (bicyclic) bond motifs is 4. The van der Waals surface area contributed by atoms with E-state index in [0.717, 1.165) is 25.7 Å². The normalized spacial score (nSPS) is 22.6. The maximum atomic E-state index is 16.2. The van der Waals surface area contributed by atoms with Gasteiger partial charge in [0.15, 0.2) is 17.3 Å². The number of pyridine rings is 2. The van der Waals surface area contributed by atoms with Crippen LogP contribution in [0.1, 0.15) is 31.2 Å². The molecule has 0 saturated heterocycles. The fourth-order valence-corrected chi connectivity index (χ4v) is 6.21. The molecule has 1 unspecified atom stereocenters. The number of hydrogen-bond acceptors (Lipinski definition) is 6. The molecule has 3 aliphatic rings. The van der Waals surface area contributed by atoms with Crippen molar-refractivity contribution in [3.63, 3.8) is 0 Å². The van der Waals surface area contributed by atoms with Gasteiger partial charge in [-0.1, -0.05) is 41.9 Å². The van der Waals surface area contributed by atoms with Crippen LogP contribution in [0.3, 0.4) is 0 Å². The largest absolute Gasteiger partial charge is 0.481 e. The van der Waals surface area contributed by atoms with Gasteiger partial charge in [-0.15, -0.1) is 0 Å². The van der Waals surface area contributed by atoms with Crippen molar-refractivity contribution in [1.82, 2.24) is 20.2 Å². The van der Waals surface area contributed by atoms with Crippen LogP contribution in [-0.2, 0) is 4.79 Å². The van der Waals surface area contributed by atoms with Crippen LogP contribution in [0.4, 0.5) is 10.2 Å². The van der Waals surface area contributed by atoms with Crippen molar-refractivity contribution in [1.29, 1.82) is 5.26 Å². The number of rotatable bonds is 5. The van der Waals surface area contributed by atoms with Crippen LogP contribution in [0, 0.1) is 34.9 Å². The van der Waals surface area contributed by atoms with Gasteiger partial charge >= 0.3 is 5.97 Å². The molecule has 2 bridgehead atoms. The SMILES string of the molecule is N#Cc1c(-c2[nH]nc3ncc(Cl)cc23)nc(NC2C3CCC(CC3)[C@H]2C(=O)O)c(F)c1-c1ccccc1. The number of hydrogen-bond donors (Lipinski definition) is 3. The molecular weight excluding hydrogens is 495 g/mol. The highest BCUT2D eigenvalue weighted by atomic mass is 35.5. The van der Waals surface area contributed by atoms with Crippen molar-refractivity contribution < 1.29 is 14.3 Å². The standard InChI is InChI=1S/C27H22ClFN6O2/c28-16-10-17-24(34-35-25(17)31-12-16)23-18(11-30)19(13-4-2-1-3-5-13)21(29)26(33-23)32-22-15-8-6-14(7-9-15)20(22)27(36)37/h1-5,10,12,14-15,20,22H,6-9H2,(H,32,33)(H,36,37)(H,31,34,35)/t14?,15?,20-,22?/m1/s1. The zero-order valence-electron chi connectivity index (χ0n) is 19.6. The molecule has 10 heteroatoms. The van der Waals surface area contributed by atoms with Crippen LogP contribution in [0.2, 0.25) is 5.02 Å². The molecule has 0 spiro atoms. The summed E-state index contributed by atoms with van der Waals surface area (Å²) < 4.78 is 16.2. The number of aromatic amines is 1. The van der Waals surface area contributed by atoms with E-state index in [1.165, 1.54) is 6.20 Å². The lowest BCUT2D eigenvalue weighted by Crippen LogP contribution is -2.51. The monoisotopic (exact) mass is 516 g/mol. The van der Waals surface area contributed by atoms with Gasteiger partial charge in [-0.2, -0.15) is 10.4 Å². The summed E-state index contributed by atoms with van der Waals surface area (Å²) in [6.07, 6.45) is 4.95. The zero-order chi connectivity index (χ0) is 25.7. The lowest BCUT2D eigenvalue weighted by atomic mass is 9.61. The number of aromatic nitrogens is 4. The molecule has 3 saturated carbocycles. The lowest BCUT2D eigenvalue weighted by Gasteiger charge is -2.47. The second-order valence-electron chi connectivity index (χ2n) is 9.68. The van der Waals surface area contributed by atoms with E-state index in [1.54, 1.807) is 36.4 Å². The number of nitrogens with one attached hydrogen (secondary N) is 2. The third-order valence-electron chi connectivity index (χ3n) is 7.73. The number of nitriles is 1. The first kappa shape index (κ1) is 23.4. The van der Waals surface area contributed by atoms with Gasteiger partial charge in [-0.3, -0.25) is 9.89 Å². The lowest BCUT2D eigenvalue weighted by molar-refractivity contribution is -0.148. The molecule has 8 nitrogen and oxygen atoms in total. The van der Waals surface area contributed by atoms with E-state index in [0.29, 0.717) is 27.3 Å². The molecule has 186 valence electrons. The molecule has 0 radical (unpaired) electrons. The first-order chi connectivity index (χ1) is 18.0. The van der Waals surface area contributed by atoms with E-state index in [1.807, 2.05) is 0 Å². The van der Waals surface area contributed by atoms with E-state index >= 15 is 4.39 Å². The summed E-state index contributed by atoms with van der Waals surface area (Å²) in [5.41, 5.74) is 1.55. The predicted octanol–water partition coefficient (Wildman–Crippen LogP) is 5.65. The Morgan fingerprint density at radius 3 is 2.62 bits per heavy atom. The number of benzene rings is 1. The number of carboxylic acids is 1. The topological polar surface area (TPSA) is 128 Å². The number of anilines is 1. The molecule has 0 amide bonds. The van der Waals surface area contributed by atoms with Gasteiger partial charge in [0.1, 0.15) is 11.8 Å². The average Bonchev–Trinajstić information content (AvgIpc) is 3.33. The molecule has 4 aromatic rings. The Bertz CT molecular complexity index is 1560. The summed E-state index contributed by atoms with van der Waals surface area (Å²) in [5, 5.41) is 31.4. The Morgan fingerprint density at radius 2 is 1.92 bits per heavy atom. The summed E-state index contributed by atoms with van der Waals surface area (Å²) >= 11 is 6.19. The van der Waals surface area contributed by atoms with Crippen molar-refractivity contribution in [3.05, 3.63) is 59.0 Å². The van der Waals surface area contributed by atoms with Gasteiger partial charge in [0.25, 0.3) is 0 Å². The molecule has 3 heterocycles. The van der Waals surface area contributed by atoms with Crippen LogP contribution in [0.15, 0.2) is 42.6 Å². The van der Waals surface area contributed by atoms with Crippen molar-refractivity contribution in [2.24, 2.45) is 17.8 Å². The Morgan fingerprint density at radius 1 is 1.19 bits per heavy atom. The summed E-state index contributed by atoms with van der Waals surface area (Å²) in [5.74, 6) is -2.16. The smallest absolute Gasteiger partial charge is 0.308 e. The number of aliphatic carboxylic acids is 1. The average molecular weight is 517 g/mol. The molecule has 3 aliphatic carbocycles. The molecule has 0 aliphatic heterocycles. The summed E-state index contributed by atoms with van der Waals surface area (Å²) in [6.45, 7) is 0. The first-order valence-corrected chi connectivity index (χ1v) is 12.5. The van der Waals surface area contributed by atoms with Gasteiger partial charge in [-0.05, 0) is 49.1 Å². The Balaban J connectivity index is 1.57. The molecular formula is C27H22ClFN6O2. The first-order valence-electron chi connectivity index (χ1n) is 12.1. The minimum Gasteiger partial charge on any atom is -0.481 e. The van der Waals surface area contributed by atoms with Crippen molar-refractivity contribution >= 4 is 34.4 Å². The predicted molar refractivity (Wildman–Crippen MR) is 136 cm³/mol. The highest BCUT2D eigenvalue weighted by Gasteiger charge is 2.47. The van der Waals surface area contributed by atoms with Crippen LogP contribution in [0.25, 0.3) is 33.5 Å². The van der Waals surface area contributed by atoms with E-state index in [-0.39, 0.29) is 34.5 Å². The second-order valence-corrected chi connectivity index (χ2v) is 10.1. The van der Waals surface area contributed by atoms with E-state index < -0.39 is 23.7 Å². The van der Waals surface area contributed by atoms with Crippen molar-refractivity contribution in [2.75, 3.05) is 5.32 Å². The van der Waals surface area contributed by atoms with Gasteiger partial charge in [0.05, 0.1) is 22.2 Å². The van der Waals surface area contributed by atoms with Gasteiger partial charge in [0.2, 0.25) is 0 Å². The van der Waals surface area contributed by atoms with Crippen LogP contribution in [0.5, 0.6) is 0 Å². The molecule has 3 aromatic heterocycles. The van der Waals surface area contributed by atoms with Crippen LogP contribution in [-0.4, -0.2) is 37.3 Å². The third-order valence-corrected chi connectivity index (χ3v) is 7.94. The molecule has 1 aromatic carbocycles. The number of carboxylic acid groups (broad SMARTS) is 1. The molecule has 3 fully saturated rings. The fourth-order valence-electron chi connectivity index (χ4n) is 6.05. The number of carbonyl (C=O) groups is 1. The highest BCUT2D eigenvalue weighted by molar-refractivity contribution is 6.31. The minimum absolute atomic E-state index is 0.0275. The van der Waals surface area contributed by atoms with E-state index in [9.17, 15) is 15.2 Å². The second kappa shape index (κ2) is 9.12. The minimum atomic E-state index is -0.885. The molecule has 37 heavy (non-hydrogen) atoms. The van der Waals surface area contributed by atoms with Gasteiger partial charge in [0, 0.05) is 23.2 Å². The number of H-pyrrole nitrogens is 1. The molecule has 2 atom stereocenters. The Kier molecular flexibility index (Phi) is 5.76. The van der Waals surface area contributed by atoms with Crippen molar-refractivity contribution in [3.8, 4) is 28.6 Å². The Hall–Kier alpha value is -4.03. The van der Waals surface area contributed by atoms with Gasteiger partial charge < -0.3 is 10.4 Å².